The van der Waals surface area contributed by atoms with Crippen LogP contribution in [-0.2, 0) is 33.5 Å². The predicted molar refractivity (Wildman–Crippen MR) is 253 cm³/mol. The van der Waals surface area contributed by atoms with Crippen molar-refractivity contribution in [2.75, 3.05) is 91.3 Å². The van der Waals surface area contributed by atoms with Crippen molar-refractivity contribution in [2.24, 2.45) is 0 Å². The molecule has 0 bridgehead atoms. The molecule has 66 heavy (non-hydrogen) atoms. The highest BCUT2D eigenvalue weighted by molar-refractivity contribution is 7.91. The van der Waals surface area contributed by atoms with Crippen molar-refractivity contribution in [1.82, 2.24) is 9.80 Å². The summed E-state index contributed by atoms with van der Waals surface area (Å²) in [6.45, 7) is 7.46. The van der Waals surface area contributed by atoms with Crippen molar-refractivity contribution in [3.05, 3.63) is 107 Å². The summed E-state index contributed by atoms with van der Waals surface area (Å²) in [5.41, 5.74) is 1.90. The molecule has 0 spiro atoms. The van der Waals surface area contributed by atoms with Gasteiger partial charge in [-0.25, -0.2) is 13.3 Å². The Morgan fingerprint density at radius 1 is 0.545 bits per heavy atom. The molecule has 0 saturated heterocycles. The third kappa shape index (κ3) is 7.87. The fraction of sp³-hybridized carbons (Fsp3) is 0.333. The molecule has 2 heterocycles. The standard InChI is InChI=1S/C51H51N3O11S/c1-30(28-65-31(2)29-64-24-23-63-5)53-48(55)40-14-10-36-38-12-16-42-47-43(17-13-39(45(38)47)37-11-15-41(49(53)56)46(40)44(36)37)51(58)54(50(42)57)34-8-6-33-27-35(9-7-32(33)26-34)66(59,60)25-20-52(18-21-61-3)19-22-62-4/h6-17,26-27,30-31H,18-25,28-29H2,1-5H3. The van der Waals surface area contributed by atoms with Crippen molar-refractivity contribution >= 4 is 93.0 Å². The molecule has 2 atom stereocenters. The van der Waals surface area contributed by atoms with Gasteiger partial charge in [0.15, 0.2) is 9.84 Å². The van der Waals surface area contributed by atoms with Crippen molar-refractivity contribution in [3.63, 3.8) is 0 Å². The summed E-state index contributed by atoms with van der Waals surface area (Å²) >= 11 is 0. The Kier molecular flexibility index (Phi) is 12.6. The van der Waals surface area contributed by atoms with E-state index in [2.05, 4.69) is 0 Å². The first-order chi connectivity index (χ1) is 31.9. The lowest BCUT2D eigenvalue weighted by molar-refractivity contribution is -0.0312. The smallest absolute Gasteiger partial charge is 0.265 e. The summed E-state index contributed by atoms with van der Waals surface area (Å²) < 4.78 is 53.9. The second-order valence-corrected chi connectivity index (χ2v) is 19.1. The molecule has 2 aliphatic rings. The van der Waals surface area contributed by atoms with Gasteiger partial charge in [-0.2, -0.15) is 0 Å². The summed E-state index contributed by atoms with van der Waals surface area (Å²) in [6, 6.07) is 23.9. The van der Waals surface area contributed by atoms with E-state index in [4.69, 9.17) is 23.7 Å². The lowest BCUT2D eigenvalue weighted by Crippen LogP contribution is -2.48. The zero-order chi connectivity index (χ0) is 46.4. The van der Waals surface area contributed by atoms with Crippen LogP contribution in [0.5, 0.6) is 0 Å². The fourth-order valence-electron chi connectivity index (χ4n) is 9.43. The third-order valence-corrected chi connectivity index (χ3v) is 14.5. The first-order valence-corrected chi connectivity index (χ1v) is 23.7. The molecule has 7 aromatic rings. The number of carbonyl (C=O) groups excluding carboxylic acids is 4. The highest BCUT2D eigenvalue weighted by Crippen LogP contribution is 2.47. The van der Waals surface area contributed by atoms with E-state index in [-0.39, 0.29) is 23.4 Å². The van der Waals surface area contributed by atoms with Crippen LogP contribution in [0.3, 0.4) is 0 Å². The number of ether oxygens (including phenoxy) is 5. The van der Waals surface area contributed by atoms with Gasteiger partial charge in [0.05, 0.1) is 68.1 Å². The van der Waals surface area contributed by atoms with E-state index >= 15 is 0 Å². The second-order valence-electron chi connectivity index (χ2n) is 17.0. The molecule has 342 valence electrons. The topological polar surface area (TPSA) is 158 Å². The summed E-state index contributed by atoms with van der Waals surface area (Å²) in [4.78, 5) is 62.0. The van der Waals surface area contributed by atoms with Crippen LogP contribution in [0.2, 0.25) is 0 Å². The number of hydrogen-bond donors (Lipinski definition) is 0. The van der Waals surface area contributed by atoms with Gasteiger partial charge in [0.25, 0.3) is 23.6 Å². The number of fused-ring (bicyclic) bond motifs is 3. The molecule has 2 aliphatic heterocycles. The van der Waals surface area contributed by atoms with Crippen LogP contribution in [0.25, 0.3) is 53.9 Å². The minimum atomic E-state index is -3.64. The lowest BCUT2D eigenvalue weighted by atomic mass is 9.82. The third-order valence-electron chi connectivity index (χ3n) is 12.8. The minimum absolute atomic E-state index is 0.0842. The van der Waals surface area contributed by atoms with Crippen LogP contribution >= 0.6 is 0 Å². The summed E-state index contributed by atoms with van der Waals surface area (Å²) in [5, 5.41) is 7.10. The monoisotopic (exact) mass is 913 g/mol. The number of sulfone groups is 1. The number of amides is 4. The van der Waals surface area contributed by atoms with Crippen LogP contribution in [0.4, 0.5) is 5.69 Å². The van der Waals surface area contributed by atoms with Crippen LogP contribution < -0.4 is 4.90 Å². The molecular formula is C51H51N3O11S. The number of anilines is 1. The van der Waals surface area contributed by atoms with Gasteiger partial charge in [-0.3, -0.25) is 29.0 Å². The maximum absolute atomic E-state index is 14.5. The molecule has 2 unspecified atom stereocenters. The van der Waals surface area contributed by atoms with Crippen LogP contribution in [0, 0.1) is 0 Å². The highest BCUT2D eigenvalue weighted by atomic mass is 32.2. The van der Waals surface area contributed by atoms with E-state index in [9.17, 15) is 27.6 Å². The number of rotatable bonds is 20. The molecular weight excluding hydrogens is 863 g/mol. The Morgan fingerprint density at radius 2 is 1.05 bits per heavy atom. The van der Waals surface area contributed by atoms with Crippen molar-refractivity contribution < 1.29 is 51.3 Å². The second kappa shape index (κ2) is 18.4. The fourth-order valence-corrected chi connectivity index (χ4v) is 10.7. The molecule has 0 N–H and O–H groups in total. The molecule has 0 radical (unpaired) electrons. The Morgan fingerprint density at radius 3 is 1.58 bits per heavy atom. The van der Waals surface area contributed by atoms with Gasteiger partial charge < -0.3 is 23.7 Å². The summed E-state index contributed by atoms with van der Waals surface area (Å²) in [5.74, 6) is -1.87. The normalized spacial score (nSPS) is 15.2. The molecule has 0 fully saturated rings. The zero-order valence-electron chi connectivity index (χ0n) is 37.5. The molecule has 0 saturated carbocycles. The van der Waals surface area contributed by atoms with Gasteiger partial charge in [0.1, 0.15) is 0 Å². The van der Waals surface area contributed by atoms with E-state index in [1.807, 2.05) is 36.1 Å². The first-order valence-electron chi connectivity index (χ1n) is 22.0. The number of nitrogens with zero attached hydrogens (tertiary/aromatic N) is 3. The van der Waals surface area contributed by atoms with E-state index in [0.717, 1.165) is 32.3 Å². The molecule has 0 aliphatic carbocycles. The van der Waals surface area contributed by atoms with Crippen molar-refractivity contribution in [2.45, 2.75) is 30.9 Å². The summed E-state index contributed by atoms with van der Waals surface area (Å²) in [6.07, 6.45) is -0.259. The quantitative estimate of drug-likeness (QED) is 0.0331. The van der Waals surface area contributed by atoms with Crippen molar-refractivity contribution in [3.8, 4) is 0 Å². The van der Waals surface area contributed by atoms with E-state index in [1.54, 1.807) is 88.9 Å². The number of imide groups is 2. The number of carbonyl (C=O) groups is 4. The van der Waals surface area contributed by atoms with Gasteiger partial charge in [0, 0.05) is 74.0 Å². The average molecular weight is 914 g/mol. The molecule has 15 heteroatoms. The van der Waals surface area contributed by atoms with Gasteiger partial charge in [0.2, 0.25) is 0 Å². The van der Waals surface area contributed by atoms with Gasteiger partial charge >= 0.3 is 0 Å². The van der Waals surface area contributed by atoms with E-state index < -0.39 is 39.5 Å². The number of benzene rings is 7. The van der Waals surface area contributed by atoms with Crippen LogP contribution in [-0.4, -0.2) is 140 Å². The summed E-state index contributed by atoms with van der Waals surface area (Å²) in [7, 11) is 1.17. The largest absolute Gasteiger partial charge is 0.383 e. The minimum Gasteiger partial charge on any atom is -0.383 e. The number of hydrogen-bond acceptors (Lipinski definition) is 12. The lowest BCUT2D eigenvalue weighted by Gasteiger charge is -2.33. The molecule has 7 aromatic carbocycles. The maximum atomic E-state index is 14.5. The van der Waals surface area contributed by atoms with E-state index in [0.29, 0.717) is 102 Å². The molecule has 0 aromatic heterocycles. The average Bonchev–Trinajstić information content (AvgIpc) is 3.32. The van der Waals surface area contributed by atoms with Crippen LogP contribution in [0.15, 0.2) is 89.8 Å². The highest BCUT2D eigenvalue weighted by Gasteiger charge is 2.39. The van der Waals surface area contributed by atoms with Crippen molar-refractivity contribution in [1.29, 1.82) is 0 Å². The Labute approximate surface area is 382 Å². The molecule has 9 rings (SSSR count). The van der Waals surface area contributed by atoms with Gasteiger partial charge in [-0.05, 0) is 105 Å². The van der Waals surface area contributed by atoms with E-state index in [1.165, 1.54) is 9.80 Å². The van der Waals surface area contributed by atoms with Crippen LogP contribution in [0.1, 0.15) is 55.3 Å². The zero-order valence-corrected chi connectivity index (χ0v) is 38.4. The Hall–Kier alpha value is -5.91. The first kappa shape index (κ1) is 45.3. The van der Waals surface area contributed by atoms with Gasteiger partial charge in [-0.1, -0.05) is 36.4 Å². The Balaban J connectivity index is 1.01. The SMILES string of the molecule is COCCOCC(C)OCC(C)N1C(=O)c2ccc3c4ccc5c6c(ccc(c7ccc(c2c37)C1=O)c64)C(=O)N(c1ccc2cc(S(=O)(=O)CCN(CCOC)CCOC)ccc2c1)C5=O. The Bertz CT molecular complexity index is 3060. The molecule has 14 nitrogen and oxygen atoms in total. The van der Waals surface area contributed by atoms with Gasteiger partial charge in [-0.15, -0.1) is 0 Å². The molecule has 4 amide bonds. The predicted octanol–water partition coefficient (Wildman–Crippen LogP) is 7.11. The number of methoxy groups -OCH3 is 3. The maximum Gasteiger partial charge on any atom is 0.265 e.